The molecule has 1 aliphatic rings. The molecule has 0 bridgehead atoms. The van der Waals surface area contributed by atoms with Gasteiger partial charge in [0.2, 0.25) is 0 Å². The summed E-state index contributed by atoms with van der Waals surface area (Å²) in [4.78, 5) is 14.1. The van der Waals surface area contributed by atoms with E-state index in [-0.39, 0.29) is 5.69 Å². The molecule has 1 aliphatic heterocycles. The van der Waals surface area contributed by atoms with Crippen molar-refractivity contribution < 1.29 is 22.7 Å². The largest absolute Gasteiger partial charge is 0.494 e. The molecular weight excluding hydrogens is 473 g/mol. The number of benzene rings is 2. The second kappa shape index (κ2) is 9.14. The van der Waals surface area contributed by atoms with Crippen LogP contribution in [0.15, 0.2) is 60.9 Å². The van der Waals surface area contributed by atoms with Crippen molar-refractivity contribution in [2.75, 3.05) is 18.6 Å². The Bertz CT molecular complexity index is 1410. The van der Waals surface area contributed by atoms with Crippen molar-refractivity contribution in [1.29, 1.82) is 0 Å². The maximum atomic E-state index is 13.4. The summed E-state index contributed by atoms with van der Waals surface area (Å²) in [6.07, 6.45) is -0.408. The number of halogens is 3. The molecule has 2 aromatic heterocycles. The molecule has 186 valence electrons. The number of carbonyl (C=O) groups is 1. The molecule has 0 saturated heterocycles. The maximum absolute atomic E-state index is 13.4. The lowest BCUT2D eigenvalue weighted by Crippen LogP contribution is -2.42. The Morgan fingerprint density at radius 3 is 2.64 bits per heavy atom. The van der Waals surface area contributed by atoms with Crippen LogP contribution in [0.4, 0.5) is 18.9 Å². The fourth-order valence-electron chi connectivity index (χ4n) is 4.42. The Hall–Kier alpha value is -4.15. The summed E-state index contributed by atoms with van der Waals surface area (Å²) >= 11 is 0. The van der Waals surface area contributed by atoms with E-state index in [1.54, 1.807) is 48.3 Å². The summed E-state index contributed by atoms with van der Waals surface area (Å²) in [7, 11) is 1.55. The summed E-state index contributed by atoms with van der Waals surface area (Å²) in [6.45, 7) is 0.519. The topological polar surface area (TPSA) is 78.1 Å². The number of hydrogen-bond acceptors (Lipinski definition) is 5. The van der Waals surface area contributed by atoms with Crippen molar-refractivity contribution >= 4 is 11.6 Å². The zero-order chi connectivity index (χ0) is 25.4. The molecule has 0 aliphatic carbocycles. The predicted molar refractivity (Wildman–Crippen MR) is 126 cm³/mol. The zero-order valence-electron chi connectivity index (χ0n) is 19.6. The van der Waals surface area contributed by atoms with Crippen LogP contribution < -0.4 is 9.64 Å². The highest BCUT2D eigenvalue weighted by Crippen LogP contribution is 2.34. The molecule has 8 nitrogen and oxygen atoms in total. The number of amides is 1. The summed E-state index contributed by atoms with van der Waals surface area (Å²) in [6, 6.07) is 13.1. The molecule has 0 radical (unpaired) electrons. The number of fused-ring (bicyclic) bond motifs is 1. The second-order valence-corrected chi connectivity index (χ2v) is 8.59. The molecule has 2 aromatic carbocycles. The van der Waals surface area contributed by atoms with Gasteiger partial charge in [-0.1, -0.05) is 29.5 Å². The van der Waals surface area contributed by atoms with Gasteiger partial charge in [-0.2, -0.15) is 18.3 Å². The first-order valence-electron chi connectivity index (χ1n) is 11.3. The van der Waals surface area contributed by atoms with Crippen molar-refractivity contribution in [2.24, 2.45) is 0 Å². The van der Waals surface area contributed by atoms with Crippen LogP contribution in [0.1, 0.15) is 23.7 Å². The average Bonchev–Trinajstić information content (AvgIpc) is 3.49. The molecular formula is C25H23F3N6O2. The van der Waals surface area contributed by atoms with Gasteiger partial charge < -0.3 is 9.64 Å². The van der Waals surface area contributed by atoms with Gasteiger partial charge in [0.25, 0.3) is 5.91 Å². The van der Waals surface area contributed by atoms with Gasteiger partial charge in [-0.25, -0.2) is 9.36 Å². The third-order valence-electron chi connectivity index (χ3n) is 6.13. The van der Waals surface area contributed by atoms with Crippen LogP contribution in [0.3, 0.4) is 0 Å². The molecule has 5 rings (SSSR count). The Kier molecular flexibility index (Phi) is 5.99. The summed E-state index contributed by atoms with van der Waals surface area (Å²) in [5.41, 5.74) is 3.71. The molecule has 11 heteroatoms. The van der Waals surface area contributed by atoms with Gasteiger partial charge in [-0.15, -0.1) is 5.10 Å². The van der Waals surface area contributed by atoms with E-state index in [9.17, 15) is 18.0 Å². The normalized spacial score (nSPS) is 16.1. The van der Waals surface area contributed by atoms with Crippen LogP contribution in [0.5, 0.6) is 5.75 Å². The Morgan fingerprint density at radius 2 is 1.92 bits per heavy atom. The number of methoxy groups -OCH3 is 1. The molecule has 36 heavy (non-hydrogen) atoms. The quantitative estimate of drug-likeness (QED) is 0.406. The van der Waals surface area contributed by atoms with E-state index in [1.165, 1.54) is 4.68 Å². The lowest BCUT2D eigenvalue weighted by Gasteiger charge is -2.26. The molecule has 1 atom stereocenters. The van der Waals surface area contributed by atoms with E-state index in [2.05, 4.69) is 15.4 Å². The predicted octanol–water partition coefficient (Wildman–Crippen LogP) is 4.53. The maximum Gasteiger partial charge on any atom is 0.406 e. The van der Waals surface area contributed by atoms with E-state index in [0.29, 0.717) is 35.4 Å². The van der Waals surface area contributed by atoms with Crippen LogP contribution in [0.2, 0.25) is 0 Å². The standard InChI is InChI=1S/C25H23F3N6O2/c1-16-11-12-33(30-16)21-9-8-18(13-23(21)36-2)19-14-34(31-29-19)22-10-7-17-5-3-4-6-20(17)32(24(22)35)15-25(26,27)28/h3-6,8-9,11-14,22H,7,10,15H2,1-2H3. The molecule has 3 heterocycles. The van der Waals surface area contributed by atoms with E-state index >= 15 is 0 Å². The van der Waals surface area contributed by atoms with Crippen molar-refractivity contribution in [3.8, 4) is 22.7 Å². The molecule has 0 fully saturated rings. The van der Waals surface area contributed by atoms with Crippen molar-refractivity contribution in [3.63, 3.8) is 0 Å². The highest BCUT2D eigenvalue weighted by atomic mass is 19.4. The highest BCUT2D eigenvalue weighted by Gasteiger charge is 2.39. The number of carbonyl (C=O) groups excluding carboxylic acids is 1. The number of aryl methyl sites for hydroxylation is 2. The fourth-order valence-corrected chi connectivity index (χ4v) is 4.42. The minimum Gasteiger partial charge on any atom is -0.494 e. The summed E-state index contributed by atoms with van der Waals surface area (Å²) in [5, 5.41) is 12.7. The molecule has 0 saturated carbocycles. The number of hydrogen-bond donors (Lipinski definition) is 0. The molecule has 0 spiro atoms. The third kappa shape index (κ3) is 4.56. The van der Waals surface area contributed by atoms with Crippen LogP contribution >= 0.6 is 0 Å². The summed E-state index contributed by atoms with van der Waals surface area (Å²) < 4.78 is 48.7. The Balaban J connectivity index is 1.46. The zero-order valence-corrected chi connectivity index (χ0v) is 19.6. The molecule has 4 aromatic rings. The second-order valence-electron chi connectivity index (χ2n) is 8.59. The monoisotopic (exact) mass is 496 g/mol. The highest BCUT2D eigenvalue weighted by molar-refractivity contribution is 5.97. The van der Waals surface area contributed by atoms with Crippen LogP contribution in [-0.4, -0.2) is 50.5 Å². The number of nitrogens with zero attached hydrogens (tertiary/aromatic N) is 6. The molecule has 0 N–H and O–H groups in total. The number of rotatable bonds is 5. The lowest BCUT2D eigenvalue weighted by atomic mass is 10.1. The van der Waals surface area contributed by atoms with Gasteiger partial charge in [0, 0.05) is 17.4 Å². The third-order valence-corrected chi connectivity index (χ3v) is 6.13. The van der Waals surface area contributed by atoms with E-state index in [1.807, 2.05) is 31.3 Å². The van der Waals surface area contributed by atoms with Gasteiger partial charge in [0.1, 0.15) is 29.7 Å². The van der Waals surface area contributed by atoms with Gasteiger partial charge in [-0.3, -0.25) is 4.79 Å². The molecule has 1 amide bonds. The van der Waals surface area contributed by atoms with Crippen molar-refractivity contribution in [3.05, 3.63) is 72.2 Å². The molecule has 1 unspecified atom stereocenters. The Morgan fingerprint density at radius 1 is 1.11 bits per heavy atom. The average molecular weight is 496 g/mol. The van der Waals surface area contributed by atoms with Crippen molar-refractivity contribution in [2.45, 2.75) is 32.0 Å². The van der Waals surface area contributed by atoms with E-state index < -0.39 is 24.7 Å². The Labute approximate surface area is 204 Å². The SMILES string of the molecule is COc1cc(-c2cn(C3CCc4ccccc4N(CC(F)(F)F)C3=O)nn2)ccc1-n1ccc(C)n1. The smallest absolute Gasteiger partial charge is 0.406 e. The first kappa shape index (κ1) is 23.6. The van der Waals surface area contributed by atoms with E-state index in [0.717, 1.165) is 16.3 Å². The number of ether oxygens (including phenoxy) is 1. The number of aromatic nitrogens is 5. The van der Waals surface area contributed by atoms with Crippen LogP contribution in [-0.2, 0) is 11.2 Å². The fraction of sp³-hybridized carbons (Fsp3) is 0.280. The lowest BCUT2D eigenvalue weighted by molar-refractivity contribution is -0.134. The first-order valence-corrected chi connectivity index (χ1v) is 11.3. The van der Waals surface area contributed by atoms with Crippen LogP contribution in [0, 0.1) is 6.92 Å². The van der Waals surface area contributed by atoms with Crippen LogP contribution in [0.25, 0.3) is 16.9 Å². The van der Waals surface area contributed by atoms with Gasteiger partial charge in [0.15, 0.2) is 0 Å². The van der Waals surface area contributed by atoms with Gasteiger partial charge in [-0.05, 0) is 49.6 Å². The number of para-hydroxylation sites is 1. The minimum atomic E-state index is -4.55. The van der Waals surface area contributed by atoms with Crippen molar-refractivity contribution in [1.82, 2.24) is 24.8 Å². The number of anilines is 1. The minimum absolute atomic E-state index is 0.275. The first-order chi connectivity index (χ1) is 17.2. The van der Waals surface area contributed by atoms with E-state index in [4.69, 9.17) is 4.74 Å². The van der Waals surface area contributed by atoms with Gasteiger partial charge in [0.05, 0.1) is 19.0 Å². The summed E-state index contributed by atoms with van der Waals surface area (Å²) in [5.74, 6) is -0.113. The number of alkyl halides is 3. The van der Waals surface area contributed by atoms with Gasteiger partial charge >= 0.3 is 6.18 Å².